The molecule has 0 N–H and O–H groups in total. The Morgan fingerprint density at radius 2 is 1.43 bits per heavy atom. The molecule has 0 amide bonds. The SMILES string of the molecule is CCOC(=O)C(CC)C(=O)OCC.[H-].[K+]. The number of carbonyl (C=O) groups excluding carboxylic acids is 2. The fourth-order valence-electron chi connectivity index (χ4n) is 0.915. The Kier molecular flexibility index (Phi) is 12.3. The Morgan fingerprint density at radius 3 is 1.64 bits per heavy atom. The monoisotopic (exact) mass is 228 g/mol. The Balaban J connectivity index is -0.000000720. The molecule has 0 aliphatic heterocycles. The van der Waals surface area contributed by atoms with Crippen molar-refractivity contribution < 1.29 is 71.9 Å². The second-order valence-corrected chi connectivity index (χ2v) is 2.46. The van der Waals surface area contributed by atoms with Crippen LogP contribution >= 0.6 is 0 Å². The average Bonchev–Trinajstić information content (AvgIpc) is 2.06. The van der Waals surface area contributed by atoms with E-state index in [1.54, 1.807) is 20.8 Å². The van der Waals surface area contributed by atoms with E-state index in [-0.39, 0.29) is 66.0 Å². The zero-order valence-corrected chi connectivity index (χ0v) is 12.5. The van der Waals surface area contributed by atoms with E-state index in [1.807, 2.05) is 0 Å². The van der Waals surface area contributed by atoms with Crippen LogP contribution in [-0.2, 0) is 19.1 Å². The van der Waals surface area contributed by atoms with E-state index < -0.39 is 17.9 Å². The summed E-state index contributed by atoms with van der Waals surface area (Å²) in [5.41, 5.74) is 0. The number of hydrogen-bond acceptors (Lipinski definition) is 4. The maximum Gasteiger partial charge on any atom is 1.00 e. The van der Waals surface area contributed by atoms with E-state index in [4.69, 9.17) is 9.47 Å². The van der Waals surface area contributed by atoms with Crippen molar-refractivity contribution in [2.75, 3.05) is 13.2 Å². The van der Waals surface area contributed by atoms with Crippen LogP contribution in [0.4, 0.5) is 0 Å². The third-order valence-electron chi connectivity index (χ3n) is 1.55. The average molecular weight is 228 g/mol. The summed E-state index contributed by atoms with van der Waals surface area (Å²) in [6.45, 7) is 5.73. The molecule has 0 atom stereocenters. The molecule has 78 valence electrons. The van der Waals surface area contributed by atoms with Gasteiger partial charge in [-0.2, -0.15) is 0 Å². The van der Waals surface area contributed by atoms with E-state index in [0.29, 0.717) is 6.42 Å². The van der Waals surface area contributed by atoms with Crippen molar-refractivity contribution in [1.29, 1.82) is 0 Å². The van der Waals surface area contributed by atoms with Crippen LogP contribution in [-0.4, -0.2) is 25.2 Å². The molecule has 4 nitrogen and oxygen atoms in total. The van der Waals surface area contributed by atoms with Gasteiger partial charge in [-0.15, -0.1) is 0 Å². The van der Waals surface area contributed by atoms with E-state index in [9.17, 15) is 9.59 Å². The summed E-state index contributed by atoms with van der Waals surface area (Å²) in [6.07, 6.45) is 0.414. The topological polar surface area (TPSA) is 52.6 Å². The molecule has 0 saturated carbocycles. The van der Waals surface area contributed by atoms with Crippen LogP contribution in [0.15, 0.2) is 0 Å². The van der Waals surface area contributed by atoms with E-state index >= 15 is 0 Å². The van der Waals surface area contributed by atoms with Gasteiger partial charge in [-0.3, -0.25) is 9.59 Å². The normalized spacial score (nSPS) is 9.14. The van der Waals surface area contributed by atoms with Gasteiger partial charge >= 0.3 is 63.3 Å². The first kappa shape index (κ1) is 17.0. The third-order valence-corrected chi connectivity index (χ3v) is 1.55. The molecule has 14 heavy (non-hydrogen) atoms. The molecule has 0 unspecified atom stereocenters. The first-order valence-corrected chi connectivity index (χ1v) is 4.50. The zero-order valence-electron chi connectivity index (χ0n) is 10.3. The number of ether oxygens (including phenoxy) is 2. The van der Waals surface area contributed by atoms with Gasteiger partial charge in [-0.05, 0) is 20.3 Å². The summed E-state index contributed by atoms with van der Waals surface area (Å²) >= 11 is 0. The van der Waals surface area contributed by atoms with Crippen LogP contribution in [0.2, 0.25) is 0 Å². The van der Waals surface area contributed by atoms with Crippen LogP contribution in [0.1, 0.15) is 28.6 Å². The summed E-state index contributed by atoms with van der Waals surface area (Å²) in [5, 5.41) is 0. The standard InChI is InChI=1S/C9H16O4.K.H/c1-4-7(8(10)12-5-2)9(11)13-6-3;;/h7H,4-6H2,1-3H3;;/q;+1;-1. The molecule has 0 saturated heterocycles. The molecule has 0 radical (unpaired) electrons. The fraction of sp³-hybridized carbons (Fsp3) is 0.778. The van der Waals surface area contributed by atoms with Gasteiger partial charge in [-0.1, -0.05) is 6.92 Å². The molecule has 0 spiro atoms. The first-order chi connectivity index (χ1) is 6.17. The van der Waals surface area contributed by atoms with Gasteiger partial charge < -0.3 is 10.9 Å². The molecule has 0 aliphatic rings. The van der Waals surface area contributed by atoms with Gasteiger partial charge in [0.2, 0.25) is 0 Å². The molecule has 0 fully saturated rings. The number of carbonyl (C=O) groups is 2. The summed E-state index contributed by atoms with van der Waals surface area (Å²) in [4.78, 5) is 22.3. The van der Waals surface area contributed by atoms with Crippen LogP contribution < -0.4 is 51.4 Å². The fourth-order valence-corrected chi connectivity index (χ4v) is 0.915. The molecule has 0 aliphatic carbocycles. The summed E-state index contributed by atoms with van der Waals surface area (Å²) in [6, 6.07) is 0. The number of rotatable bonds is 5. The van der Waals surface area contributed by atoms with Crippen LogP contribution in [0.25, 0.3) is 0 Å². The van der Waals surface area contributed by atoms with Gasteiger partial charge in [0.25, 0.3) is 0 Å². The van der Waals surface area contributed by atoms with Crippen LogP contribution in [0.5, 0.6) is 0 Å². The predicted octanol–water partition coefficient (Wildman–Crippen LogP) is -1.74. The Morgan fingerprint density at radius 1 is 1.07 bits per heavy atom. The van der Waals surface area contributed by atoms with Crippen molar-refractivity contribution in [2.24, 2.45) is 5.92 Å². The molecule has 5 heteroatoms. The minimum absolute atomic E-state index is 0. The second kappa shape index (κ2) is 10.1. The van der Waals surface area contributed by atoms with Gasteiger partial charge in [0.1, 0.15) is 0 Å². The van der Waals surface area contributed by atoms with Crippen LogP contribution in [0.3, 0.4) is 0 Å². The summed E-state index contributed by atoms with van der Waals surface area (Å²) < 4.78 is 9.45. The van der Waals surface area contributed by atoms with E-state index in [0.717, 1.165) is 0 Å². The molecular weight excluding hydrogens is 211 g/mol. The maximum absolute atomic E-state index is 11.2. The number of hydrogen-bond donors (Lipinski definition) is 0. The quantitative estimate of drug-likeness (QED) is 0.318. The van der Waals surface area contributed by atoms with Crippen molar-refractivity contribution in [1.82, 2.24) is 0 Å². The van der Waals surface area contributed by atoms with Crippen molar-refractivity contribution >= 4 is 11.9 Å². The maximum atomic E-state index is 11.2. The van der Waals surface area contributed by atoms with Gasteiger partial charge in [0.05, 0.1) is 13.2 Å². The molecule has 0 aromatic rings. The van der Waals surface area contributed by atoms with Crippen molar-refractivity contribution in [2.45, 2.75) is 27.2 Å². The molecule has 0 aromatic heterocycles. The largest absolute Gasteiger partial charge is 1.00 e. The molecule has 0 aromatic carbocycles. The Hall–Kier alpha value is 0.576. The third kappa shape index (κ3) is 6.13. The van der Waals surface area contributed by atoms with E-state index in [1.165, 1.54) is 0 Å². The molecule has 0 heterocycles. The molecule has 0 bridgehead atoms. The van der Waals surface area contributed by atoms with Crippen molar-refractivity contribution in [3.8, 4) is 0 Å². The minimum atomic E-state index is -0.764. The number of esters is 2. The predicted molar refractivity (Wildman–Crippen MR) is 48.2 cm³/mol. The van der Waals surface area contributed by atoms with Crippen LogP contribution in [0, 0.1) is 5.92 Å². The van der Waals surface area contributed by atoms with Gasteiger partial charge in [0, 0.05) is 0 Å². The smallest absolute Gasteiger partial charge is 1.00 e. The molecular formula is C9H17KO4. The summed E-state index contributed by atoms with van der Waals surface area (Å²) in [7, 11) is 0. The summed E-state index contributed by atoms with van der Waals surface area (Å²) in [5.74, 6) is -1.76. The molecule has 0 rings (SSSR count). The Bertz CT molecular complexity index is 169. The van der Waals surface area contributed by atoms with Crippen molar-refractivity contribution in [3.05, 3.63) is 0 Å². The Labute approximate surface area is 129 Å². The first-order valence-electron chi connectivity index (χ1n) is 4.50. The minimum Gasteiger partial charge on any atom is -1.00 e. The zero-order chi connectivity index (χ0) is 10.3. The van der Waals surface area contributed by atoms with Crippen molar-refractivity contribution in [3.63, 3.8) is 0 Å². The van der Waals surface area contributed by atoms with Gasteiger partial charge in [0.15, 0.2) is 5.92 Å². The second-order valence-electron chi connectivity index (χ2n) is 2.46. The van der Waals surface area contributed by atoms with E-state index in [2.05, 4.69) is 0 Å². The van der Waals surface area contributed by atoms with Gasteiger partial charge in [-0.25, -0.2) is 0 Å².